The Morgan fingerprint density at radius 3 is 2.70 bits per heavy atom. The lowest BCUT2D eigenvalue weighted by atomic mass is 10.1. The molecule has 20 heavy (non-hydrogen) atoms. The lowest BCUT2D eigenvalue weighted by Crippen LogP contribution is -2.26. The van der Waals surface area contributed by atoms with Gasteiger partial charge in [-0.05, 0) is 12.5 Å². The Balaban J connectivity index is 2.14. The minimum atomic E-state index is -3.58. The van der Waals surface area contributed by atoms with E-state index in [9.17, 15) is 8.42 Å². The van der Waals surface area contributed by atoms with E-state index in [0.717, 1.165) is 5.56 Å². The van der Waals surface area contributed by atoms with Crippen LogP contribution in [0.2, 0.25) is 0 Å². The van der Waals surface area contributed by atoms with E-state index in [-0.39, 0.29) is 10.9 Å². The minimum Gasteiger partial charge on any atom is -0.329 e. The molecule has 0 aliphatic heterocycles. The summed E-state index contributed by atoms with van der Waals surface area (Å²) < 4.78 is 28.6. The van der Waals surface area contributed by atoms with Crippen LogP contribution < -0.4 is 10.5 Å². The van der Waals surface area contributed by atoms with Crippen LogP contribution in [0.3, 0.4) is 0 Å². The maximum Gasteiger partial charge on any atom is 0.244 e. The van der Waals surface area contributed by atoms with Gasteiger partial charge in [-0.1, -0.05) is 30.3 Å². The van der Waals surface area contributed by atoms with E-state index in [4.69, 9.17) is 5.73 Å². The van der Waals surface area contributed by atoms with Crippen molar-refractivity contribution in [2.24, 2.45) is 5.73 Å². The molecule has 0 aliphatic rings. The van der Waals surface area contributed by atoms with Gasteiger partial charge in [0, 0.05) is 18.8 Å². The highest BCUT2D eigenvalue weighted by atomic mass is 32.2. The van der Waals surface area contributed by atoms with Gasteiger partial charge in [0.1, 0.15) is 4.90 Å². The molecule has 0 bridgehead atoms. The Labute approximate surface area is 118 Å². The van der Waals surface area contributed by atoms with E-state index in [0.29, 0.717) is 13.1 Å². The smallest absolute Gasteiger partial charge is 0.244 e. The third-order valence-corrected chi connectivity index (χ3v) is 4.40. The van der Waals surface area contributed by atoms with Crippen molar-refractivity contribution < 1.29 is 8.42 Å². The summed E-state index contributed by atoms with van der Waals surface area (Å²) in [6.45, 7) is 2.70. The summed E-state index contributed by atoms with van der Waals surface area (Å²) in [5.74, 6) is 0. The molecule has 0 amide bonds. The quantitative estimate of drug-likeness (QED) is 0.827. The van der Waals surface area contributed by atoms with Gasteiger partial charge >= 0.3 is 0 Å². The fraction of sp³-hybridized carbons (Fsp3) is 0.308. The van der Waals surface area contributed by atoms with Gasteiger partial charge in [-0.15, -0.1) is 0 Å². The van der Waals surface area contributed by atoms with Crippen molar-refractivity contribution >= 4 is 10.0 Å². The predicted octanol–water partition coefficient (Wildman–Crippen LogP) is 0.881. The fourth-order valence-corrected chi connectivity index (χ4v) is 3.03. The molecule has 0 spiro atoms. The third-order valence-electron chi connectivity index (χ3n) is 2.91. The highest BCUT2D eigenvalue weighted by Crippen LogP contribution is 2.16. The number of aromatic nitrogens is 2. The molecule has 2 rings (SSSR count). The van der Waals surface area contributed by atoms with Crippen LogP contribution in [0.1, 0.15) is 18.5 Å². The summed E-state index contributed by atoms with van der Waals surface area (Å²) in [6, 6.07) is 9.09. The molecule has 0 fully saturated rings. The first-order valence-electron chi connectivity index (χ1n) is 6.33. The average Bonchev–Trinajstić information content (AvgIpc) is 2.89. The first-order valence-corrected chi connectivity index (χ1v) is 7.81. The number of benzene rings is 1. The van der Waals surface area contributed by atoms with E-state index >= 15 is 0 Å². The van der Waals surface area contributed by atoms with Crippen molar-refractivity contribution in [2.75, 3.05) is 6.54 Å². The number of hydrogen-bond donors (Lipinski definition) is 2. The largest absolute Gasteiger partial charge is 0.329 e. The van der Waals surface area contributed by atoms with Crippen molar-refractivity contribution in [2.45, 2.75) is 24.4 Å². The van der Waals surface area contributed by atoms with E-state index in [2.05, 4.69) is 9.82 Å². The third kappa shape index (κ3) is 3.44. The molecule has 1 atom stereocenters. The van der Waals surface area contributed by atoms with E-state index < -0.39 is 10.0 Å². The second-order valence-electron chi connectivity index (χ2n) is 4.48. The molecule has 2 aromatic rings. The Kier molecular flexibility index (Phi) is 4.53. The van der Waals surface area contributed by atoms with Gasteiger partial charge < -0.3 is 5.73 Å². The first kappa shape index (κ1) is 14.7. The normalized spacial score (nSPS) is 13.3. The molecule has 1 aromatic heterocycles. The van der Waals surface area contributed by atoms with Gasteiger partial charge in [0.2, 0.25) is 10.0 Å². The monoisotopic (exact) mass is 294 g/mol. The van der Waals surface area contributed by atoms with Crippen LogP contribution in [0.5, 0.6) is 0 Å². The van der Waals surface area contributed by atoms with Gasteiger partial charge in [-0.25, -0.2) is 13.1 Å². The number of nitrogens with zero attached hydrogens (tertiary/aromatic N) is 2. The van der Waals surface area contributed by atoms with Gasteiger partial charge in [-0.3, -0.25) is 4.68 Å². The topological polar surface area (TPSA) is 90.0 Å². The highest BCUT2D eigenvalue weighted by molar-refractivity contribution is 7.89. The number of nitrogens with two attached hydrogens (primary N) is 1. The van der Waals surface area contributed by atoms with E-state index in [1.165, 1.54) is 17.1 Å². The summed E-state index contributed by atoms with van der Waals surface area (Å²) in [5.41, 5.74) is 6.32. The van der Waals surface area contributed by atoms with Crippen molar-refractivity contribution in [3.8, 4) is 0 Å². The molecule has 0 aliphatic carbocycles. The zero-order valence-corrected chi connectivity index (χ0v) is 12.0. The fourth-order valence-electron chi connectivity index (χ4n) is 1.85. The lowest BCUT2D eigenvalue weighted by molar-refractivity contribution is 0.566. The molecule has 1 aromatic carbocycles. The number of rotatable bonds is 6. The van der Waals surface area contributed by atoms with Crippen LogP contribution >= 0.6 is 0 Å². The van der Waals surface area contributed by atoms with E-state index in [1.54, 1.807) is 6.92 Å². The summed E-state index contributed by atoms with van der Waals surface area (Å²) >= 11 is 0. The van der Waals surface area contributed by atoms with Gasteiger partial charge in [-0.2, -0.15) is 5.10 Å². The van der Waals surface area contributed by atoms with E-state index in [1.807, 2.05) is 30.3 Å². The van der Waals surface area contributed by atoms with Gasteiger partial charge in [0.05, 0.1) is 12.7 Å². The van der Waals surface area contributed by atoms with Crippen molar-refractivity contribution in [3.63, 3.8) is 0 Å². The Hall–Kier alpha value is -1.70. The Morgan fingerprint density at radius 2 is 2.05 bits per heavy atom. The summed E-state index contributed by atoms with van der Waals surface area (Å²) in [4.78, 5) is 0.147. The van der Waals surface area contributed by atoms with Crippen LogP contribution in [0, 0.1) is 0 Å². The molecular formula is C13H18N4O2S. The van der Waals surface area contributed by atoms with Crippen LogP contribution in [0.4, 0.5) is 0 Å². The standard InChI is InChI=1S/C13H18N4O2S/c1-11(12-5-3-2-4-6-12)16-20(18,19)13-9-15-17(10-13)8-7-14/h2-6,9-11,16H,7-8,14H2,1H3. The van der Waals surface area contributed by atoms with Gasteiger partial charge in [0.25, 0.3) is 0 Å². The van der Waals surface area contributed by atoms with Gasteiger partial charge in [0.15, 0.2) is 0 Å². The van der Waals surface area contributed by atoms with Crippen LogP contribution in [0.15, 0.2) is 47.6 Å². The second kappa shape index (κ2) is 6.17. The van der Waals surface area contributed by atoms with Crippen molar-refractivity contribution in [1.29, 1.82) is 0 Å². The Morgan fingerprint density at radius 1 is 1.35 bits per heavy atom. The molecule has 0 radical (unpaired) electrons. The molecule has 1 heterocycles. The average molecular weight is 294 g/mol. The predicted molar refractivity (Wildman–Crippen MR) is 76.5 cm³/mol. The molecule has 0 saturated heterocycles. The minimum absolute atomic E-state index is 0.147. The van der Waals surface area contributed by atoms with Crippen LogP contribution in [-0.4, -0.2) is 24.7 Å². The summed E-state index contributed by atoms with van der Waals surface area (Å²) in [6.07, 6.45) is 2.81. The molecule has 6 nitrogen and oxygen atoms in total. The van der Waals surface area contributed by atoms with Crippen molar-refractivity contribution in [3.05, 3.63) is 48.3 Å². The summed E-state index contributed by atoms with van der Waals surface area (Å²) in [7, 11) is -3.58. The highest BCUT2D eigenvalue weighted by Gasteiger charge is 2.19. The van der Waals surface area contributed by atoms with Crippen LogP contribution in [-0.2, 0) is 16.6 Å². The number of sulfonamides is 1. The molecule has 7 heteroatoms. The Bertz CT molecular complexity index is 652. The molecular weight excluding hydrogens is 276 g/mol. The summed E-state index contributed by atoms with van der Waals surface area (Å²) in [5, 5.41) is 3.97. The molecule has 108 valence electrons. The zero-order valence-electron chi connectivity index (χ0n) is 11.2. The second-order valence-corrected chi connectivity index (χ2v) is 6.20. The number of hydrogen-bond acceptors (Lipinski definition) is 4. The SMILES string of the molecule is CC(NS(=O)(=O)c1cnn(CCN)c1)c1ccccc1. The first-order chi connectivity index (χ1) is 9.53. The zero-order chi connectivity index (χ0) is 14.6. The maximum atomic E-state index is 12.2. The lowest BCUT2D eigenvalue weighted by Gasteiger charge is -2.13. The number of nitrogens with one attached hydrogen (secondary N) is 1. The van der Waals surface area contributed by atoms with Crippen LogP contribution in [0.25, 0.3) is 0 Å². The molecule has 0 saturated carbocycles. The maximum absolute atomic E-state index is 12.2. The molecule has 1 unspecified atom stereocenters. The molecule has 3 N–H and O–H groups in total. The van der Waals surface area contributed by atoms with Crippen molar-refractivity contribution in [1.82, 2.24) is 14.5 Å².